The smallest absolute Gasteiger partial charge is 0.350 e. The van der Waals surface area contributed by atoms with Crippen molar-refractivity contribution in [3.63, 3.8) is 0 Å². The highest BCUT2D eigenvalue weighted by Crippen LogP contribution is 2.22. The fraction of sp³-hybridized carbons (Fsp3) is 0.136. The second-order valence-electron chi connectivity index (χ2n) is 6.71. The molecule has 0 aromatic heterocycles. The fourth-order valence-corrected chi connectivity index (χ4v) is 2.51. The summed E-state index contributed by atoms with van der Waals surface area (Å²) in [5.41, 5.74) is 1.45. The van der Waals surface area contributed by atoms with Crippen LogP contribution in [0.3, 0.4) is 0 Å². The monoisotopic (exact) mass is 395 g/mol. The number of hydrogen-bond donors (Lipinski definition) is 1. The number of carbonyl (C=O) groups is 3. The molecule has 3 rings (SSSR count). The summed E-state index contributed by atoms with van der Waals surface area (Å²) in [4.78, 5) is 36.0. The summed E-state index contributed by atoms with van der Waals surface area (Å²) < 4.78 is 22.9. The number of nitrogens with one attached hydrogen (secondary N) is 1. The van der Waals surface area contributed by atoms with Gasteiger partial charge in [-0.1, -0.05) is 18.2 Å². The first kappa shape index (κ1) is 20.0. The van der Waals surface area contributed by atoms with E-state index >= 15 is 0 Å². The first-order valence-corrected chi connectivity index (χ1v) is 8.75. The first-order valence-electron chi connectivity index (χ1n) is 8.75. The maximum Gasteiger partial charge on any atom is 0.350 e. The third-order valence-corrected chi connectivity index (χ3v) is 3.97. The van der Waals surface area contributed by atoms with Gasteiger partial charge in [-0.2, -0.15) is 0 Å². The Kier molecular flexibility index (Phi) is 5.59. The molecule has 1 heterocycles. The van der Waals surface area contributed by atoms with Crippen molar-refractivity contribution >= 4 is 29.5 Å². The molecule has 1 N–H and O–H groups in total. The number of anilines is 1. The summed E-state index contributed by atoms with van der Waals surface area (Å²) in [5, 5.41) is 2.80. The van der Waals surface area contributed by atoms with Gasteiger partial charge in [0, 0.05) is 31.3 Å². The van der Waals surface area contributed by atoms with Crippen LogP contribution in [-0.2, 0) is 19.1 Å². The molecule has 0 unspecified atom stereocenters. The molecule has 6 nitrogen and oxygen atoms in total. The van der Waals surface area contributed by atoms with Crippen LogP contribution >= 0.6 is 0 Å². The maximum atomic E-state index is 12.9. The van der Waals surface area contributed by atoms with Gasteiger partial charge in [-0.25, -0.2) is 14.0 Å². The molecule has 0 aliphatic carbocycles. The normalized spacial score (nSPS) is 15.6. The number of ketones is 1. The number of ether oxygens (including phenoxy) is 2. The number of hydrogen-bond acceptors (Lipinski definition) is 6. The van der Waals surface area contributed by atoms with E-state index in [2.05, 4.69) is 5.32 Å². The molecule has 1 fully saturated rings. The molecular formula is C22H18FNO5. The number of carbonyl (C=O) groups excluding carboxylic acids is 3. The SMILES string of the molecule is CC1(C)OC(=O)C(=CNc2ccc(C(=O)C=Cc3ccc(F)cc3)cc2)C(=O)O1. The van der Waals surface area contributed by atoms with Gasteiger partial charge < -0.3 is 14.8 Å². The Morgan fingerprint density at radius 1 is 0.966 bits per heavy atom. The molecule has 1 aliphatic rings. The Bertz CT molecular complexity index is 983. The lowest BCUT2D eigenvalue weighted by Gasteiger charge is -2.29. The largest absolute Gasteiger partial charge is 0.419 e. The zero-order valence-corrected chi connectivity index (χ0v) is 15.8. The van der Waals surface area contributed by atoms with E-state index in [-0.39, 0.29) is 17.2 Å². The standard InChI is InChI=1S/C22H18FNO5/c1-22(2)28-20(26)18(21(27)29-22)13-24-17-10-6-15(7-11-17)19(25)12-5-14-3-8-16(23)9-4-14/h3-13,24H,1-2H3. The van der Waals surface area contributed by atoms with Gasteiger partial charge in [0.05, 0.1) is 0 Å². The number of esters is 2. The van der Waals surface area contributed by atoms with E-state index < -0.39 is 17.7 Å². The Labute approximate surface area is 166 Å². The summed E-state index contributed by atoms with van der Waals surface area (Å²) in [6, 6.07) is 12.2. The highest BCUT2D eigenvalue weighted by atomic mass is 19.1. The van der Waals surface area contributed by atoms with Crippen LogP contribution in [0.5, 0.6) is 0 Å². The van der Waals surface area contributed by atoms with Crippen molar-refractivity contribution in [2.24, 2.45) is 0 Å². The van der Waals surface area contributed by atoms with Crippen molar-refractivity contribution in [2.45, 2.75) is 19.6 Å². The third-order valence-electron chi connectivity index (χ3n) is 3.97. The van der Waals surface area contributed by atoms with Gasteiger partial charge in [0.1, 0.15) is 5.82 Å². The lowest BCUT2D eigenvalue weighted by atomic mass is 10.1. The quantitative estimate of drug-likeness (QED) is 0.358. The zero-order valence-electron chi connectivity index (χ0n) is 15.8. The zero-order chi connectivity index (χ0) is 21.0. The minimum atomic E-state index is -1.30. The molecule has 0 saturated carbocycles. The van der Waals surface area contributed by atoms with Gasteiger partial charge in [0.25, 0.3) is 5.79 Å². The van der Waals surface area contributed by atoms with E-state index in [1.165, 1.54) is 38.3 Å². The molecule has 0 spiro atoms. The number of halogens is 1. The Balaban J connectivity index is 1.64. The summed E-state index contributed by atoms with van der Waals surface area (Å²) in [5.74, 6) is -3.42. The Hall–Kier alpha value is -3.74. The van der Waals surface area contributed by atoms with Gasteiger partial charge in [-0.05, 0) is 48.0 Å². The van der Waals surface area contributed by atoms with E-state index in [1.54, 1.807) is 42.5 Å². The van der Waals surface area contributed by atoms with Gasteiger partial charge in [0.2, 0.25) is 0 Å². The Morgan fingerprint density at radius 3 is 2.14 bits per heavy atom. The van der Waals surface area contributed by atoms with Crippen molar-refractivity contribution in [3.8, 4) is 0 Å². The summed E-state index contributed by atoms with van der Waals surface area (Å²) >= 11 is 0. The molecule has 1 aliphatic heterocycles. The molecule has 29 heavy (non-hydrogen) atoms. The van der Waals surface area contributed by atoms with Crippen molar-refractivity contribution in [1.29, 1.82) is 0 Å². The van der Waals surface area contributed by atoms with Crippen LogP contribution < -0.4 is 5.32 Å². The molecule has 2 aromatic carbocycles. The summed E-state index contributed by atoms with van der Waals surface area (Å²) in [6.07, 6.45) is 4.19. The van der Waals surface area contributed by atoms with Gasteiger partial charge >= 0.3 is 11.9 Å². The molecule has 1 saturated heterocycles. The van der Waals surface area contributed by atoms with Crippen molar-refractivity contribution in [1.82, 2.24) is 0 Å². The second kappa shape index (κ2) is 8.10. The van der Waals surface area contributed by atoms with E-state index in [9.17, 15) is 18.8 Å². The van der Waals surface area contributed by atoms with Crippen LogP contribution in [0, 0.1) is 5.82 Å². The lowest BCUT2D eigenvalue weighted by Crippen LogP contribution is -2.42. The lowest BCUT2D eigenvalue weighted by molar-refractivity contribution is -0.222. The molecular weight excluding hydrogens is 377 g/mol. The molecule has 148 valence electrons. The minimum absolute atomic E-state index is 0.221. The highest BCUT2D eigenvalue weighted by molar-refractivity contribution is 6.15. The van der Waals surface area contributed by atoms with Crippen LogP contribution in [0.25, 0.3) is 6.08 Å². The van der Waals surface area contributed by atoms with E-state index in [4.69, 9.17) is 9.47 Å². The van der Waals surface area contributed by atoms with E-state index in [1.807, 2.05) is 0 Å². The third kappa shape index (κ3) is 5.16. The molecule has 7 heteroatoms. The van der Waals surface area contributed by atoms with E-state index in [0.717, 1.165) is 0 Å². The second-order valence-corrected chi connectivity index (χ2v) is 6.71. The molecule has 0 amide bonds. The topological polar surface area (TPSA) is 81.7 Å². The summed E-state index contributed by atoms with van der Waals surface area (Å²) in [7, 11) is 0. The Morgan fingerprint density at radius 2 is 1.55 bits per heavy atom. The van der Waals surface area contributed by atoms with E-state index in [0.29, 0.717) is 16.8 Å². The predicted octanol–water partition coefficient (Wildman–Crippen LogP) is 3.85. The van der Waals surface area contributed by atoms with Crippen LogP contribution in [0.2, 0.25) is 0 Å². The molecule has 0 radical (unpaired) electrons. The van der Waals surface area contributed by atoms with Gasteiger partial charge in [-0.15, -0.1) is 0 Å². The van der Waals surface area contributed by atoms with Crippen LogP contribution in [0.15, 0.2) is 66.4 Å². The molecule has 0 atom stereocenters. The molecule has 0 bridgehead atoms. The number of rotatable bonds is 5. The average molecular weight is 395 g/mol. The fourth-order valence-electron chi connectivity index (χ4n) is 2.51. The van der Waals surface area contributed by atoms with Gasteiger partial charge in [0.15, 0.2) is 11.4 Å². The number of allylic oxidation sites excluding steroid dienone is 1. The van der Waals surface area contributed by atoms with Crippen molar-refractivity contribution in [3.05, 3.63) is 83.3 Å². The highest BCUT2D eigenvalue weighted by Gasteiger charge is 2.38. The van der Waals surface area contributed by atoms with Crippen LogP contribution in [-0.4, -0.2) is 23.5 Å². The van der Waals surface area contributed by atoms with Crippen molar-refractivity contribution in [2.75, 3.05) is 5.32 Å². The van der Waals surface area contributed by atoms with Crippen molar-refractivity contribution < 1.29 is 28.2 Å². The first-order chi connectivity index (χ1) is 13.7. The average Bonchev–Trinajstić information content (AvgIpc) is 2.66. The predicted molar refractivity (Wildman–Crippen MR) is 104 cm³/mol. The molecule has 2 aromatic rings. The van der Waals surface area contributed by atoms with Crippen LogP contribution in [0.1, 0.15) is 29.8 Å². The summed E-state index contributed by atoms with van der Waals surface area (Å²) in [6.45, 7) is 2.93. The minimum Gasteiger partial charge on any atom is -0.419 e. The maximum absolute atomic E-state index is 12.9. The number of cyclic esters (lactones) is 2. The number of benzene rings is 2. The van der Waals surface area contributed by atoms with Gasteiger partial charge in [-0.3, -0.25) is 4.79 Å². The van der Waals surface area contributed by atoms with Crippen LogP contribution in [0.4, 0.5) is 10.1 Å².